The molecule has 0 aromatic heterocycles. The van der Waals surface area contributed by atoms with E-state index < -0.39 is 0 Å². The van der Waals surface area contributed by atoms with Gasteiger partial charge in [0.2, 0.25) is 0 Å². The summed E-state index contributed by atoms with van der Waals surface area (Å²) in [5.41, 5.74) is 1.00. The molecule has 5 heteroatoms. The lowest BCUT2D eigenvalue weighted by Crippen LogP contribution is -2.22. The molecule has 0 radical (unpaired) electrons. The highest BCUT2D eigenvalue weighted by molar-refractivity contribution is 9.10. The number of nitro groups is 1. The Morgan fingerprint density at radius 2 is 2.00 bits per heavy atom. The van der Waals surface area contributed by atoms with E-state index in [2.05, 4.69) is 52.6 Å². The molecule has 94 valence electrons. The van der Waals surface area contributed by atoms with E-state index in [0.717, 1.165) is 10.0 Å². The van der Waals surface area contributed by atoms with Crippen LogP contribution in [0, 0.1) is 15.5 Å². The van der Waals surface area contributed by atoms with Crippen LogP contribution in [0.1, 0.15) is 26.3 Å². The molecule has 0 saturated heterocycles. The number of nitrogens with zero attached hydrogens (tertiary/aromatic N) is 1. The largest absolute Gasteiger partial charge is 0.273 e. The fraction of sp³-hybridized carbons (Fsp3) is 0.500. The van der Waals surface area contributed by atoms with Gasteiger partial charge < -0.3 is 0 Å². The predicted octanol–water partition coefficient (Wildman–Crippen LogP) is 4.71. The van der Waals surface area contributed by atoms with Crippen molar-refractivity contribution in [3.8, 4) is 0 Å². The Bertz CT molecular complexity index is 427. The topological polar surface area (TPSA) is 43.1 Å². The molecule has 0 aliphatic heterocycles. The van der Waals surface area contributed by atoms with Gasteiger partial charge in [0.15, 0.2) is 0 Å². The average Bonchev–Trinajstić information content (AvgIpc) is 2.18. The smallest absolute Gasteiger partial charge is 0.258 e. The Morgan fingerprint density at radius 3 is 2.47 bits per heavy atom. The third-order valence-corrected chi connectivity index (χ3v) is 4.77. The van der Waals surface area contributed by atoms with Gasteiger partial charge >= 0.3 is 0 Å². The van der Waals surface area contributed by atoms with Gasteiger partial charge in [0.05, 0.1) is 4.92 Å². The van der Waals surface area contributed by atoms with Gasteiger partial charge in [-0.05, 0) is 17.9 Å². The zero-order chi connectivity index (χ0) is 13.2. The summed E-state index contributed by atoms with van der Waals surface area (Å²) in [6.07, 6.45) is 0.646. The van der Waals surface area contributed by atoms with Crippen LogP contribution in [0.15, 0.2) is 22.7 Å². The summed E-state index contributed by atoms with van der Waals surface area (Å²) in [5.74, 6) is 0. The maximum atomic E-state index is 11.0. The van der Waals surface area contributed by atoms with E-state index in [4.69, 9.17) is 0 Å². The number of hydrogen-bond donors (Lipinski definition) is 0. The Morgan fingerprint density at radius 1 is 1.41 bits per heavy atom. The normalized spacial score (nSPS) is 13.5. The highest BCUT2D eigenvalue weighted by Gasteiger charge is 2.25. The van der Waals surface area contributed by atoms with Gasteiger partial charge in [-0.2, -0.15) is 0 Å². The van der Waals surface area contributed by atoms with Gasteiger partial charge in [0.1, 0.15) is 0 Å². The molecule has 1 aromatic carbocycles. The SMILES string of the molecule is CC(C)(C)C(Br)Cc1ccc(Br)cc1[N+](=O)[O-]. The number of benzene rings is 1. The number of halogens is 2. The van der Waals surface area contributed by atoms with E-state index >= 15 is 0 Å². The Labute approximate surface area is 118 Å². The molecule has 0 N–H and O–H groups in total. The summed E-state index contributed by atoms with van der Waals surface area (Å²) < 4.78 is 0.731. The quantitative estimate of drug-likeness (QED) is 0.442. The minimum atomic E-state index is -0.331. The van der Waals surface area contributed by atoms with E-state index in [9.17, 15) is 10.1 Å². The maximum Gasteiger partial charge on any atom is 0.273 e. The lowest BCUT2D eigenvalue weighted by Gasteiger charge is -2.25. The minimum absolute atomic E-state index is 0.0704. The van der Waals surface area contributed by atoms with Crippen LogP contribution in [-0.4, -0.2) is 9.75 Å². The second-order valence-corrected chi connectivity index (χ2v) is 7.09. The second kappa shape index (κ2) is 5.48. The van der Waals surface area contributed by atoms with Gasteiger partial charge in [-0.15, -0.1) is 0 Å². The molecule has 0 bridgehead atoms. The molecule has 1 atom stereocenters. The first-order valence-electron chi connectivity index (χ1n) is 5.28. The molecular weight excluding hydrogens is 350 g/mol. The van der Waals surface area contributed by atoms with Crippen LogP contribution in [0.3, 0.4) is 0 Å². The Balaban J connectivity index is 3.03. The summed E-state index contributed by atoms with van der Waals surface area (Å²) in [5, 5.41) is 11.0. The highest BCUT2D eigenvalue weighted by atomic mass is 79.9. The average molecular weight is 365 g/mol. The van der Waals surface area contributed by atoms with Crippen LogP contribution >= 0.6 is 31.9 Å². The summed E-state index contributed by atoms with van der Waals surface area (Å²) in [6.45, 7) is 6.32. The van der Waals surface area contributed by atoms with Crippen molar-refractivity contribution in [3.05, 3.63) is 38.3 Å². The molecule has 0 amide bonds. The first kappa shape index (κ1) is 14.6. The molecule has 1 rings (SSSR count). The lowest BCUT2D eigenvalue weighted by atomic mass is 9.88. The predicted molar refractivity (Wildman–Crippen MR) is 76.7 cm³/mol. The summed E-state index contributed by atoms with van der Waals surface area (Å²) in [6, 6.07) is 5.20. The highest BCUT2D eigenvalue weighted by Crippen LogP contribution is 2.32. The summed E-state index contributed by atoms with van der Waals surface area (Å²) in [4.78, 5) is 10.8. The van der Waals surface area contributed by atoms with Crippen LogP contribution in [0.4, 0.5) is 5.69 Å². The van der Waals surface area contributed by atoms with Crippen molar-refractivity contribution < 1.29 is 4.92 Å². The summed E-state index contributed by atoms with van der Waals surface area (Å²) in [7, 11) is 0. The lowest BCUT2D eigenvalue weighted by molar-refractivity contribution is -0.385. The van der Waals surface area contributed by atoms with E-state index in [-0.39, 0.29) is 20.9 Å². The third-order valence-electron chi connectivity index (χ3n) is 2.58. The third kappa shape index (κ3) is 4.07. The van der Waals surface area contributed by atoms with Crippen LogP contribution in [0.5, 0.6) is 0 Å². The van der Waals surface area contributed by atoms with Gasteiger partial charge in [-0.25, -0.2) is 0 Å². The molecule has 3 nitrogen and oxygen atoms in total. The molecular formula is C12H15Br2NO2. The molecule has 0 heterocycles. The van der Waals surface area contributed by atoms with Crippen LogP contribution in [-0.2, 0) is 6.42 Å². The monoisotopic (exact) mass is 363 g/mol. The standard InChI is InChI=1S/C12H15Br2NO2/c1-12(2,3)11(14)6-8-4-5-9(13)7-10(8)15(16)17/h4-5,7,11H,6H2,1-3H3. The number of nitro benzene ring substituents is 1. The maximum absolute atomic E-state index is 11.0. The molecule has 1 aromatic rings. The Hall–Kier alpha value is -0.420. The molecule has 17 heavy (non-hydrogen) atoms. The van der Waals surface area contributed by atoms with Crippen LogP contribution in [0.25, 0.3) is 0 Å². The first-order valence-corrected chi connectivity index (χ1v) is 6.99. The van der Waals surface area contributed by atoms with Crippen LogP contribution in [0.2, 0.25) is 0 Å². The number of rotatable bonds is 3. The fourth-order valence-electron chi connectivity index (χ4n) is 1.38. The fourth-order valence-corrected chi connectivity index (χ4v) is 2.08. The van der Waals surface area contributed by atoms with Crippen molar-refractivity contribution in [1.82, 2.24) is 0 Å². The van der Waals surface area contributed by atoms with Crippen molar-refractivity contribution in [2.24, 2.45) is 5.41 Å². The Kier molecular flexibility index (Phi) is 4.72. The van der Waals surface area contributed by atoms with Crippen molar-refractivity contribution in [2.45, 2.75) is 32.0 Å². The minimum Gasteiger partial charge on any atom is -0.258 e. The zero-order valence-corrected chi connectivity index (χ0v) is 13.2. The van der Waals surface area contributed by atoms with E-state index in [1.807, 2.05) is 12.1 Å². The first-order chi connectivity index (χ1) is 7.71. The molecule has 0 spiro atoms. The van der Waals surface area contributed by atoms with E-state index in [0.29, 0.717) is 6.42 Å². The van der Waals surface area contributed by atoms with Crippen molar-refractivity contribution >= 4 is 37.5 Å². The zero-order valence-electron chi connectivity index (χ0n) is 10.0. The molecule has 1 unspecified atom stereocenters. The van der Waals surface area contributed by atoms with Crippen molar-refractivity contribution in [2.75, 3.05) is 0 Å². The summed E-state index contributed by atoms with van der Waals surface area (Å²) >= 11 is 6.86. The van der Waals surface area contributed by atoms with E-state index in [1.165, 1.54) is 0 Å². The van der Waals surface area contributed by atoms with E-state index in [1.54, 1.807) is 6.07 Å². The molecule has 0 fully saturated rings. The molecule has 0 aliphatic carbocycles. The van der Waals surface area contributed by atoms with Gasteiger partial charge in [-0.3, -0.25) is 10.1 Å². The molecule has 0 saturated carbocycles. The number of hydrogen-bond acceptors (Lipinski definition) is 2. The van der Waals surface area contributed by atoms with Gasteiger partial charge in [0.25, 0.3) is 5.69 Å². The van der Waals surface area contributed by atoms with Crippen molar-refractivity contribution in [1.29, 1.82) is 0 Å². The number of alkyl halides is 1. The molecule has 0 aliphatic rings. The second-order valence-electron chi connectivity index (χ2n) is 5.07. The van der Waals surface area contributed by atoms with Crippen molar-refractivity contribution in [3.63, 3.8) is 0 Å². The van der Waals surface area contributed by atoms with Gasteiger partial charge in [0, 0.05) is 20.9 Å². The van der Waals surface area contributed by atoms with Gasteiger partial charge in [-0.1, -0.05) is 58.7 Å². The van der Waals surface area contributed by atoms with Crippen LogP contribution < -0.4 is 0 Å².